The van der Waals surface area contributed by atoms with Gasteiger partial charge in [-0.15, -0.1) is 11.3 Å². The van der Waals surface area contributed by atoms with Gasteiger partial charge in [0.1, 0.15) is 17.2 Å². The monoisotopic (exact) mass is 527 g/mol. The number of hydrogen-bond donors (Lipinski definition) is 3. The van der Waals surface area contributed by atoms with Crippen molar-refractivity contribution in [2.75, 3.05) is 0 Å². The highest BCUT2D eigenvalue weighted by Crippen LogP contribution is 2.34. The number of nitrogens with zero attached hydrogens (tertiary/aromatic N) is 4. The molecule has 0 aliphatic rings. The van der Waals surface area contributed by atoms with Gasteiger partial charge in [-0.2, -0.15) is 5.10 Å². The Balaban J connectivity index is 1.48. The fourth-order valence-electron chi connectivity index (χ4n) is 4.23. The van der Waals surface area contributed by atoms with Crippen LogP contribution in [0.25, 0.3) is 16.1 Å². The van der Waals surface area contributed by atoms with E-state index in [-0.39, 0.29) is 5.84 Å². The minimum Gasteiger partial charge on any atom is -0.382 e. The van der Waals surface area contributed by atoms with Crippen molar-refractivity contribution in [3.8, 4) is 10.6 Å². The third kappa shape index (κ3) is 5.61. The standard InChI is InChI=1S/C28H26ClN7S/c1-18-25(24-14-21(11-12-36(24)35-18)16-32-15-20-5-3-2-4-6-20)28-34-23(26(37-28)27(31)33-17-30)13-19-7-9-22(29)10-8-19/h2-12,14,17,32H,13,15-16H2,1H3,(H3,30,31,33). The Bertz CT molecular complexity index is 1570. The van der Waals surface area contributed by atoms with Crippen molar-refractivity contribution in [2.45, 2.75) is 26.4 Å². The van der Waals surface area contributed by atoms with E-state index in [1.54, 1.807) is 0 Å². The molecule has 3 aromatic heterocycles. The number of fused-ring (bicyclic) bond motifs is 1. The van der Waals surface area contributed by atoms with Crippen LogP contribution in [0, 0.1) is 12.3 Å². The van der Waals surface area contributed by atoms with Gasteiger partial charge in [0.05, 0.1) is 27.3 Å². The Labute approximate surface area is 224 Å². The quantitative estimate of drug-likeness (QED) is 0.171. The molecular weight excluding hydrogens is 502 g/mol. The van der Waals surface area contributed by atoms with Gasteiger partial charge in [-0.3, -0.25) is 5.41 Å². The molecule has 3 heterocycles. The van der Waals surface area contributed by atoms with Crippen LogP contribution in [0.2, 0.25) is 5.02 Å². The summed E-state index contributed by atoms with van der Waals surface area (Å²) in [6, 6.07) is 22.3. The number of nitrogens with two attached hydrogens (primary N) is 1. The van der Waals surface area contributed by atoms with Crippen LogP contribution in [-0.4, -0.2) is 26.8 Å². The molecule has 0 unspecified atom stereocenters. The third-order valence-electron chi connectivity index (χ3n) is 6.01. The van der Waals surface area contributed by atoms with Gasteiger partial charge in [0, 0.05) is 30.7 Å². The zero-order valence-corrected chi connectivity index (χ0v) is 21.9. The van der Waals surface area contributed by atoms with Crippen LogP contribution >= 0.6 is 22.9 Å². The molecule has 0 amide bonds. The highest BCUT2D eigenvalue weighted by atomic mass is 35.5. The molecule has 0 bridgehead atoms. The minimum absolute atomic E-state index is 0.280. The molecule has 0 atom stereocenters. The smallest absolute Gasteiger partial charge is 0.144 e. The molecule has 5 aromatic rings. The summed E-state index contributed by atoms with van der Waals surface area (Å²) in [4.78, 5) is 9.77. The van der Waals surface area contributed by atoms with E-state index < -0.39 is 0 Å². The lowest BCUT2D eigenvalue weighted by atomic mass is 10.1. The van der Waals surface area contributed by atoms with Crippen molar-refractivity contribution in [1.29, 1.82) is 5.41 Å². The lowest BCUT2D eigenvalue weighted by Gasteiger charge is -2.06. The summed E-state index contributed by atoms with van der Waals surface area (Å²) in [7, 11) is 0. The predicted molar refractivity (Wildman–Crippen MR) is 152 cm³/mol. The van der Waals surface area contributed by atoms with E-state index >= 15 is 0 Å². The van der Waals surface area contributed by atoms with Gasteiger partial charge in [0.15, 0.2) is 0 Å². The number of rotatable bonds is 9. The number of aromatic nitrogens is 3. The van der Waals surface area contributed by atoms with Crippen molar-refractivity contribution in [3.63, 3.8) is 0 Å². The number of nitrogens with one attached hydrogen (secondary N) is 2. The molecule has 2 aromatic carbocycles. The second kappa shape index (κ2) is 11.0. The lowest BCUT2D eigenvalue weighted by Crippen LogP contribution is -2.14. The molecule has 9 heteroatoms. The lowest BCUT2D eigenvalue weighted by molar-refractivity contribution is 0.692. The van der Waals surface area contributed by atoms with Gasteiger partial charge in [-0.05, 0) is 47.9 Å². The number of hydrogen-bond acceptors (Lipinski definition) is 5. The Kier molecular flexibility index (Phi) is 7.41. The van der Waals surface area contributed by atoms with Gasteiger partial charge in [0.2, 0.25) is 0 Å². The van der Waals surface area contributed by atoms with Gasteiger partial charge >= 0.3 is 0 Å². The molecule has 4 N–H and O–H groups in total. The largest absolute Gasteiger partial charge is 0.382 e. The summed E-state index contributed by atoms with van der Waals surface area (Å²) in [6.07, 6.45) is 3.51. The van der Waals surface area contributed by atoms with Gasteiger partial charge in [-0.25, -0.2) is 14.5 Å². The maximum Gasteiger partial charge on any atom is 0.144 e. The van der Waals surface area contributed by atoms with E-state index in [1.807, 2.05) is 60.1 Å². The summed E-state index contributed by atoms with van der Waals surface area (Å²) < 4.78 is 1.89. The SMILES string of the molecule is Cc1nn2ccc(CNCc3ccccc3)cc2c1-c1nc(Cc2ccc(Cl)cc2)c(C(N)=NC=N)s1. The number of thiazole rings is 1. The normalized spacial score (nSPS) is 11.8. The average Bonchev–Trinajstić information content (AvgIpc) is 3.45. The molecule has 7 nitrogen and oxygen atoms in total. The van der Waals surface area contributed by atoms with Crippen LogP contribution < -0.4 is 11.1 Å². The van der Waals surface area contributed by atoms with Crippen molar-refractivity contribution < 1.29 is 0 Å². The molecule has 0 saturated carbocycles. The summed E-state index contributed by atoms with van der Waals surface area (Å²) in [5, 5.41) is 17.1. The van der Waals surface area contributed by atoms with Crippen LogP contribution in [0.3, 0.4) is 0 Å². The van der Waals surface area contributed by atoms with Crippen molar-refractivity contribution >= 4 is 40.6 Å². The first-order valence-corrected chi connectivity index (χ1v) is 13.0. The van der Waals surface area contributed by atoms with E-state index in [0.717, 1.165) is 62.9 Å². The first-order chi connectivity index (χ1) is 18.0. The molecular formula is C28H26ClN7S. The van der Waals surface area contributed by atoms with Gasteiger partial charge in [0.25, 0.3) is 0 Å². The summed E-state index contributed by atoms with van der Waals surface area (Å²) in [6.45, 7) is 3.52. The van der Waals surface area contributed by atoms with Crippen molar-refractivity contribution in [3.05, 3.63) is 111 Å². The maximum atomic E-state index is 7.38. The molecule has 0 radical (unpaired) electrons. The topological polar surface area (TPSA) is 104 Å². The number of benzene rings is 2. The van der Waals surface area contributed by atoms with Crippen molar-refractivity contribution in [1.82, 2.24) is 19.9 Å². The average molecular weight is 528 g/mol. The van der Waals surface area contributed by atoms with Crippen LogP contribution in [0.15, 0.2) is 77.9 Å². The molecule has 0 aliphatic carbocycles. The predicted octanol–water partition coefficient (Wildman–Crippen LogP) is 5.61. The van der Waals surface area contributed by atoms with E-state index in [9.17, 15) is 0 Å². The first kappa shape index (κ1) is 24.8. The molecule has 0 spiro atoms. The molecule has 0 saturated heterocycles. The number of halogens is 1. The molecule has 186 valence electrons. The second-order valence-corrected chi connectivity index (χ2v) is 10.1. The minimum atomic E-state index is 0.280. The van der Waals surface area contributed by atoms with Gasteiger partial charge < -0.3 is 11.1 Å². The number of aliphatic imine (C=N–C) groups is 1. The number of pyridine rings is 1. The molecule has 5 rings (SSSR count). The van der Waals surface area contributed by atoms with Crippen molar-refractivity contribution in [2.24, 2.45) is 10.7 Å². The van der Waals surface area contributed by atoms with E-state index in [1.165, 1.54) is 16.9 Å². The summed E-state index contributed by atoms with van der Waals surface area (Å²) in [5.74, 6) is 0.280. The molecule has 0 aliphatic heterocycles. The maximum absolute atomic E-state index is 7.38. The van der Waals surface area contributed by atoms with E-state index in [0.29, 0.717) is 11.4 Å². The highest BCUT2D eigenvalue weighted by molar-refractivity contribution is 7.17. The second-order valence-electron chi connectivity index (χ2n) is 8.66. The Hall–Kier alpha value is -3.85. The molecule has 37 heavy (non-hydrogen) atoms. The van der Waals surface area contributed by atoms with E-state index in [4.69, 9.17) is 32.8 Å². The Morgan fingerprint density at radius 3 is 2.59 bits per heavy atom. The first-order valence-electron chi connectivity index (χ1n) is 11.8. The van der Waals surface area contributed by atoms with Crippen LogP contribution in [-0.2, 0) is 19.5 Å². The van der Waals surface area contributed by atoms with Gasteiger partial charge in [-0.1, -0.05) is 54.1 Å². The van der Waals surface area contributed by atoms with Crippen LogP contribution in [0.4, 0.5) is 0 Å². The summed E-state index contributed by atoms with van der Waals surface area (Å²) >= 11 is 7.54. The fourth-order valence-corrected chi connectivity index (χ4v) is 5.45. The van der Waals surface area contributed by atoms with Crippen LogP contribution in [0.5, 0.6) is 0 Å². The Morgan fingerprint density at radius 2 is 1.84 bits per heavy atom. The number of aryl methyl sites for hydroxylation is 1. The van der Waals surface area contributed by atoms with E-state index in [2.05, 4.69) is 34.6 Å². The fraction of sp³-hybridized carbons (Fsp3) is 0.143. The highest BCUT2D eigenvalue weighted by Gasteiger charge is 2.21. The Morgan fingerprint density at radius 1 is 1.08 bits per heavy atom. The molecule has 0 fully saturated rings. The number of amidine groups is 1. The van der Waals surface area contributed by atoms with Crippen LogP contribution in [0.1, 0.15) is 33.0 Å². The summed E-state index contributed by atoms with van der Waals surface area (Å²) in [5.41, 5.74) is 13.4. The third-order valence-corrected chi connectivity index (χ3v) is 7.40. The zero-order chi connectivity index (χ0) is 25.8. The zero-order valence-electron chi connectivity index (χ0n) is 20.3.